The van der Waals surface area contributed by atoms with Crippen molar-refractivity contribution in [3.63, 3.8) is 0 Å². The highest BCUT2D eigenvalue weighted by molar-refractivity contribution is 5.53. The maximum atomic E-state index is 8.57. The van der Waals surface area contributed by atoms with Gasteiger partial charge in [0, 0.05) is 0 Å². The molecule has 0 amide bonds. The summed E-state index contributed by atoms with van der Waals surface area (Å²) < 4.78 is 0. The minimum atomic E-state index is -1.37. The Hall–Kier alpha value is -1.12. The molecule has 2 nitrogen and oxygen atoms in total. The van der Waals surface area contributed by atoms with Crippen molar-refractivity contribution in [2.45, 2.75) is 13.2 Å². The Morgan fingerprint density at radius 2 is 1.92 bits per heavy atom. The Bertz CT molecular complexity index is 277. The molecular formula is C10H12O2. The molecule has 0 saturated carbocycles. The molecule has 0 bridgehead atoms. The van der Waals surface area contributed by atoms with Crippen LogP contribution in [0.25, 0.3) is 6.08 Å². The molecule has 0 radical (unpaired) electrons. The quantitative estimate of drug-likeness (QED) is 0.647. The van der Waals surface area contributed by atoms with Crippen LogP contribution in [0.3, 0.4) is 0 Å². The molecule has 0 spiro atoms. The van der Waals surface area contributed by atoms with E-state index in [4.69, 9.17) is 10.2 Å². The predicted molar refractivity (Wildman–Crippen MR) is 48.4 cm³/mol. The zero-order valence-electron chi connectivity index (χ0n) is 6.94. The molecule has 64 valence electrons. The Balaban J connectivity index is 2.82. The second-order valence-corrected chi connectivity index (χ2v) is 2.63. The predicted octanol–water partition coefficient (Wildman–Crippen LogP) is 1.32. The highest BCUT2D eigenvalue weighted by atomic mass is 16.5. The lowest BCUT2D eigenvalue weighted by atomic mass is 10.1. The van der Waals surface area contributed by atoms with E-state index >= 15 is 0 Å². The zero-order chi connectivity index (χ0) is 8.97. The molecule has 1 rings (SSSR count). The van der Waals surface area contributed by atoms with E-state index in [2.05, 4.69) is 0 Å². The first kappa shape index (κ1) is 8.97. The molecule has 0 saturated heterocycles. The fraction of sp³-hybridized carbons (Fsp3) is 0.200. The molecule has 12 heavy (non-hydrogen) atoms. The molecule has 0 aliphatic carbocycles. The van der Waals surface area contributed by atoms with Crippen molar-refractivity contribution in [3.8, 4) is 0 Å². The molecule has 0 heterocycles. The van der Waals surface area contributed by atoms with Gasteiger partial charge in [0.1, 0.15) is 0 Å². The highest BCUT2D eigenvalue weighted by Crippen LogP contribution is 2.08. The number of aliphatic hydroxyl groups is 2. The molecule has 0 atom stereocenters. The van der Waals surface area contributed by atoms with Crippen LogP contribution >= 0.6 is 0 Å². The third-order valence-corrected chi connectivity index (χ3v) is 1.64. The zero-order valence-corrected chi connectivity index (χ0v) is 6.94. The summed E-state index contributed by atoms with van der Waals surface area (Å²) in [6.45, 7) is 1.98. The average molecular weight is 164 g/mol. The van der Waals surface area contributed by atoms with Crippen molar-refractivity contribution in [2.75, 3.05) is 0 Å². The maximum Gasteiger partial charge on any atom is 0.171 e. The summed E-state index contributed by atoms with van der Waals surface area (Å²) in [6.07, 6.45) is 1.66. The van der Waals surface area contributed by atoms with E-state index in [1.807, 2.05) is 31.2 Å². The number of aryl methyl sites for hydroxylation is 1. The van der Waals surface area contributed by atoms with E-state index in [9.17, 15) is 0 Å². The van der Waals surface area contributed by atoms with Crippen LogP contribution in [0.5, 0.6) is 0 Å². The van der Waals surface area contributed by atoms with Crippen molar-refractivity contribution in [1.82, 2.24) is 0 Å². The topological polar surface area (TPSA) is 40.5 Å². The molecule has 0 fully saturated rings. The van der Waals surface area contributed by atoms with Crippen molar-refractivity contribution in [3.05, 3.63) is 41.5 Å². The Labute approximate surface area is 71.8 Å². The van der Waals surface area contributed by atoms with Gasteiger partial charge in [-0.15, -0.1) is 0 Å². The van der Waals surface area contributed by atoms with Crippen LogP contribution in [0.15, 0.2) is 30.3 Å². The molecular weight excluding hydrogens is 152 g/mol. The third-order valence-electron chi connectivity index (χ3n) is 1.64. The first-order chi connectivity index (χ1) is 5.70. The first-order valence-electron chi connectivity index (χ1n) is 3.80. The first-order valence-corrected chi connectivity index (χ1v) is 3.80. The molecule has 2 N–H and O–H groups in total. The number of hydrogen-bond acceptors (Lipinski definition) is 2. The van der Waals surface area contributed by atoms with Gasteiger partial charge in [0.2, 0.25) is 0 Å². The smallest absolute Gasteiger partial charge is 0.171 e. The van der Waals surface area contributed by atoms with E-state index in [0.29, 0.717) is 0 Å². The second kappa shape index (κ2) is 4.04. The summed E-state index contributed by atoms with van der Waals surface area (Å²) in [5.74, 6) is 0. The Morgan fingerprint density at radius 1 is 1.25 bits per heavy atom. The average Bonchev–Trinajstić information content (AvgIpc) is 2.03. The molecule has 2 heteroatoms. The lowest BCUT2D eigenvalue weighted by molar-refractivity contribution is 0.00304. The molecule has 1 aromatic carbocycles. The van der Waals surface area contributed by atoms with Gasteiger partial charge in [0.25, 0.3) is 0 Å². The van der Waals surface area contributed by atoms with E-state index < -0.39 is 6.29 Å². The maximum absolute atomic E-state index is 8.57. The SMILES string of the molecule is Cc1ccccc1/C=C\C(O)O. The van der Waals surface area contributed by atoms with Gasteiger partial charge in [-0.05, 0) is 24.1 Å². The Kier molecular flexibility index (Phi) is 3.02. The van der Waals surface area contributed by atoms with Crippen molar-refractivity contribution in [2.24, 2.45) is 0 Å². The van der Waals surface area contributed by atoms with Gasteiger partial charge in [-0.2, -0.15) is 0 Å². The minimum Gasteiger partial charge on any atom is -0.365 e. The summed E-state index contributed by atoms with van der Waals surface area (Å²) in [5, 5.41) is 17.1. The fourth-order valence-corrected chi connectivity index (χ4v) is 0.964. The largest absolute Gasteiger partial charge is 0.365 e. The Morgan fingerprint density at radius 3 is 2.50 bits per heavy atom. The monoisotopic (exact) mass is 164 g/mol. The normalized spacial score (nSPS) is 11.3. The van der Waals surface area contributed by atoms with Gasteiger partial charge < -0.3 is 10.2 Å². The molecule has 0 aliphatic rings. The minimum absolute atomic E-state index is 1.01. The number of benzene rings is 1. The van der Waals surface area contributed by atoms with E-state index in [1.54, 1.807) is 6.08 Å². The van der Waals surface area contributed by atoms with Gasteiger partial charge >= 0.3 is 0 Å². The van der Waals surface area contributed by atoms with Gasteiger partial charge in [0.15, 0.2) is 6.29 Å². The third kappa shape index (κ3) is 2.49. The van der Waals surface area contributed by atoms with Gasteiger partial charge in [-0.3, -0.25) is 0 Å². The van der Waals surface area contributed by atoms with Crippen molar-refractivity contribution in [1.29, 1.82) is 0 Å². The summed E-state index contributed by atoms with van der Waals surface area (Å²) in [7, 11) is 0. The summed E-state index contributed by atoms with van der Waals surface area (Å²) in [6, 6.07) is 7.76. The molecule has 0 unspecified atom stereocenters. The van der Waals surface area contributed by atoms with Crippen LogP contribution in [0.4, 0.5) is 0 Å². The van der Waals surface area contributed by atoms with E-state index in [-0.39, 0.29) is 0 Å². The summed E-state index contributed by atoms with van der Waals surface area (Å²) in [5.41, 5.74) is 2.13. The highest BCUT2D eigenvalue weighted by Gasteiger charge is 1.92. The summed E-state index contributed by atoms with van der Waals surface area (Å²) >= 11 is 0. The number of rotatable bonds is 2. The van der Waals surface area contributed by atoms with Gasteiger partial charge in [0.05, 0.1) is 0 Å². The van der Waals surface area contributed by atoms with Crippen LogP contribution in [0.2, 0.25) is 0 Å². The second-order valence-electron chi connectivity index (χ2n) is 2.63. The van der Waals surface area contributed by atoms with E-state index in [1.165, 1.54) is 6.08 Å². The lowest BCUT2D eigenvalue weighted by Crippen LogP contribution is -1.97. The van der Waals surface area contributed by atoms with Crippen molar-refractivity contribution < 1.29 is 10.2 Å². The fourth-order valence-electron chi connectivity index (χ4n) is 0.964. The van der Waals surface area contributed by atoms with Crippen LogP contribution in [-0.4, -0.2) is 16.5 Å². The van der Waals surface area contributed by atoms with Crippen LogP contribution in [-0.2, 0) is 0 Å². The molecule has 0 aromatic heterocycles. The van der Waals surface area contributed by atoms with Crippen molar-refractivity contribution >= 4 is 6.08 Å². The summed E-state index contributed by atoms with van der Waals surface area (Å²) in [4.78, 5) is 0. The lowest BCUT2D eigenvalue weighted by Gasteiger charge is -1.98. The molecule has 0 aliphatic heterocycles. The van der Waals surface area contributed by atoms with Gasteiger partial charge in [-0.25, -0.2) is 0 Å². The van der Waals surface area contributed by atoms with Gasteiger partial charge in [-0.1, -0.05) is 30.3 Å². The number of hydrogen-bond donors (Lipinski definition) is 2. The van der Waals surface area contributed by atoms with E-state index in [0.717, 1.165) is 11.1 Å². The number of aliphatic hydroxyl groups excluding tert-OH is 1. The van der Waals surface area contributed by atoms with Crippen LogP contribution < -0.4 is 0 Å². The van der Waals surface area contributed by atoms with Crippen LogP contribution in [0, 0.1) is 6.92 Å². The standard InChI is InChI=1S/C10H12O2/c1-8-4-2-3-5-9(8)6-7-10(11)12/h2-7,10-12H,1H3/b7-6-. The van der Waals surface area contributed by atoms with Crippen LogP contribution in [0.1, 0.15) is 11.1 Å². The molecule has 1 aromatic rings.